The molecule has 2 fully saturated rings. The molecule has 11 nitrogen and oxygen atoms in total. The topological polar surface area (TPSA) is 157 Å². The summed E-state index contributed by atoms with van der Waals surface area (Å²) in [5.41, 5.74) is 0. The van der Waals surface area contributed by atoms with Crippen molar-refractivity contribution in [3.05, 3.63) is 0 Å². The number of methoxy groups -OCH3 is 1. The van der Waals surface area contributed by atoms with Gasteiger partial charge in [0, 0.05) is 20.3 Å². The van der Waals surface area contributed by atoms with Gasteiger partial charge in [-0.2, -0.15) is 0 Å². The summed E-state index contributed by atoms with van der Waals surface area (Å²) < 4.78 is 34.7. The number of aliphatic hydroxyl groups excluding tert-OH is 5. The van der Waals surface area contributed by atoms with Crippen LogP contribution in [0.5, 0.6) is 0 Å². The number of aliphatic hydroxyl groups is 5. The number of hydrogen-bond acceptors (Lipinski definition) is 11. The highest BCUT2D eigenvalue weighted by Gasteiger charge is 2.51. The molecule has 0 spiro atoms. The maximum absolute atomic E-state index is 11.3. The highest BCUT2D eigenvalue weighted by atomic mass is 16.7. The van der Waals surface area contributed by atoms with Gasteiger partial charge in [-0.25, -0.2) is 0 Å². The molecule has 0 aromatic rings. The SMILES string of the molecule is CCCCCCCCO[C@@H]1[C@@H](O)[C@H](O[C@H]2[C@H](O)[C@@H](O)[C@H](OC)O[C@@H]2CO)O[C@H](CO)[C@@H]1OCCCCCCCC. The fourth-order valence-electron chi connectivity index (χ4n) is 5.32. The summed E-state index contributed by atoms with van der Waals surface area (Å²) in [6.07, 6.45) is 1.67. The molecular weight excluding hydrogens is 524 g/mol. The molecule has 40 heavy (non-hydrogen) atoms. The van der Waals surface area contributed by atoms with Crippen LogP contribution in [0.15, 0.2) is 0 Å². The van der Waals surface area contributed by atoms with Gasteiger partial charge in [0.15, 0.2) is 12.6 Å². The van der Waals surface area contributed by atoms with Crippen molar-refractivity contribution < 1.29 is 54.0 Å². The Morgan fingerprint density at radius 2 is 1.02 bits per heavy atom. The lowest BCUT2D eigenvalue weighted by Gasteiger charge is -2.47. The Labute approximate surface area is 240 Å². The molecule has 2 aliphatic heterocycles. The summed E-state index contributed by atoms with van der Waals surface area (Å²) in [6.45, 7) is 4.28. The first-order chi connectivity index (χ1) is 19.4. The van der Waals surface area contributed by atoms with Crippen LogP contribution in [0, 0.1) is 0 Å². The van der Waals surface area contributed by atoms with Crippen LogP contribution in [0.4, 0.5) is 0 Å². The summed E-state index contributed by atoms with van der Waals surface area (Å²) in [5, 5.41) is 52.4. The molecule has 2 saturated heterocycles. The minimum Gasteiger partial charge on any atom is -0.394 e. The molecule has 11 heteroatoms. The molecule has 0 aromatic heterocycles. The van der Waals surface area contributed by atoms with E-state index in [-0.39, 0.29) is 0 Å². The van der Waals surface area contributed by atoms with E-state index in [2.05, 4.69) is 13.8 Å². The number of rotatable bonds is 21. The van der Waals surface area contributed by atoms with E-state index in [1.807, 2.05) is 0 Å². The fraction of sp³-hybridized carbons (Fsp3) is 1.00. The Bertz CT molecular complexity index is 625. The molecule has 2 rings (SSSR count). The maximum atomic E-state index is 11.3. The van der Waals surface area contributed by atoms with Crippen molar-refractivity contribution in [1.29, 1.82) is 0 Å². The smallest absolute Gasteiger partial charge is 0.187 e. The summed E-state index contributed by atoms with van der Waals surface area (Å²) >= 11 is 0. The summed E-state index contributed by atoms with van der Waals surface area (Å²) in [5.74, 6) is 0. The molecule has 0 amide bonds. The molecule has 238 valence electrons. The van der Waals surface area contributed by atoms with E-state index in [1.54, 1.807) is 0 Å². The van der Waals surface area contributed by atoms with Crippen molar-refractivity contribution in [2.45, 2.75) is 152 Å². The van der Waals surface area contributed by atoms with Crippen LogP contribution in [-0.2, 0) is 28.4 Å². The lowest BCUT2D eigenvalue weighted by Crippen LogP contribution is -2.65. The largest absolute Gasteiger partial charge is 0.394 e. The second-order valence-electron chi connectivity index (χ2n) is 11.0. The molecule has 10 atom stereocenters. The molecule has 2 heterocycles. The summed E-state index contributed by atoms with van der Waals surface area (Å²) in [4.78, 5) is 0. The van der Waals surface area contributed by atoms with Crippen molar-refractivity contribution in [2.75, 3.05) is 33.5 Å². The lowest BCUT2D eigenvalue weighted by molar-refractivity contribution is -0.362. The Morgan fingerprint density at radius 3 is 1.55 bits per heavy atom. The maximum Gasteiger partial charge on any atom is 0.187 e. The Balaban J connectivity index is 2.06. The zero-order valence-corrected chi connectivity index (χ0v) is 24.8. The molecule has 0 bridgehead atoms. The van der Waals surface area contributed by atoms with Crippen molar-refractivity contribution in [3.63, 3.8) is 0 Å². The van der Waals surface area contributed by atoms with Crippen molar-refractivity contribution in [1.82, 2.24) is 0 Å². The quantitative estimate of drug-likeness (QED) is 0.127. The van der Waals surface area contributed by atoms with E-state index >= 15 is 0 Å². The minimum absolute atomic E-state index is 0.397. The molecular formula is C29H56O11. The van der Waals surface area contributed by atoms with Gasteiger partial charge < -0.3 is 54.0 Å². The second kappa shape index (κ2) is 20.5. The average Bonchev–Trinajstić information content (AvgIpc) is 2.96. The van der Waals surface area contributed by atoms with Gasteiger partial charge in [-0.1, -0.05) is 78.1 Å². The molecule has 0 unspecified atom stereocenters. The number of ether oxygens (including phenoxy) is 6. The third kappa shape index (κ3) is 11.0. The van der Waals surface area contributed by atoms with Crippen LogP contribution in [0.1, 0.15) is 90.9 Å². The highest BCUT2D eigenvalue weighted by molar-refractivity contribution is 4.95. The van der Waals surface area contributed by atoms with Gasteiger partial charge in [-0.3, -0.25) is 0 Å². The van der Waals surface area contributed by atoms with E-state index < -0.39 is 74.6 Å². The first-order valence-electron chi connectivity index (χ1n) is 15.4. The molecule has 0 radical (unpaired) electrons. The predicted molar refractivity (Wildman–Crippen MR) is 148 cm³/mol. The second-order valence-corrected chi connectivity index (χ2v) is 11.0. The van der Waals surface area contributed by atoms with Crippen LogP contribution in [0.3, 0.4) is 0 Å². The lowest BCUT2D eigenvalue weighted by atomic mass is 9.96. The van der Waals surface area contributed by atoms with Gasteiger partial charge in [0.25, 0.3) is 0 Å². The third-order valence-corrected chi connectivity index (χ3v) is 7.76. The average molecular weight is 581 g/mol. The molecule has 5 N–H and O–H groups in total. The fourth-order valence-corrected chi connectivity index (χ4v) is 5.32. The van der Waals surface area contributed by atoms with E-state index in [0.29, 0.717) is 13.2 Å². The van der Waals surface area contributed by atoms with Gasteiger partial charge in [0.2, 0.25) is 0 Å². The Kier molecular flexibility index (Phi) is 18.3. The van der Waals surface area contributed by atoms with Gasteiger partial charge in [0.1, 0.15) is 48.8 Å². The standard InChI is InChI=1S/C29H56O11/c1-4-6-8-10-12-14-16-36-26-21(19-31)39-29(24(34)27(26)37-17-15-13-11-9-7-5-2)40-25-20(18-30)38-28(35-3)23(33)22(25)32/h20-34H,4-19H2,1-3H3/t20-,21-,22-,23-,24-,25-,26+,27-,28-,29+/m1/s1. The van der Waals surface area contributed by atoms with Crippen LogP contribution in [0.2, 0.25) is 0 Å². The van der Waals surface area contributed by atoms with Crippen molar-refractivity contribution in [3.8, 4) is 0 Å². The Morgan fingerprint density at radius 1 is 0.550 bits per heavy atom. The van der Waals surface area contributed by atoms with Crippen LogP contribution >= 0.6 is 0 Å². The zero-order chi connectivity index (χ0) is 29.3. The van der Waals surface area contributed by atoms with Gasteiger partial charge in [-0.05, 0) is 12.8 Å². The minimum atomic E-state index is -1.48. The molecule has 0 aliphatic carbocycles. The van der Waals surface area contributed by atoms with Crippen LogP contribution in [-0.4, -0.2) is 120 Å². The van der Waals surface area contributed by atoms with Gasteiger partial charge in [-0.15, -0.1) is 0 Å². The zero-order valence-electron chi connectivity index (χ0n) is 24.8. The first-order valence-corrected chi connectivity index (χ1v) is 15.4. The third-order valence-electron chi connectivity index (χ3n) is 7.76. The van der Waals surface area contributed by atoms with Gasteiger partial charge >= 0.3 is 0 Å². The molecule has 0 saturated carbocycles. The molecule has 0 aromatic carbocycles. The van der Waals surface area contributed by atoms with Crippen LogP contribution in [0.25, 0.3) is 0 Å². The number of hydrogen-bond donors (Lipinski definition) is 5. The van der Waals surface area contributed by atoms with Crippen molar-refractivity contribution in [2.24, 2.45) is 0 Å². The van der Waals surface area contributed by atoms with E-state index in [9.17, 15) is 25.5 Å². The van der Waals surface area contributed by atoms with E-state index in [4.69, 9.17) is 28.4 Å². The predicted octanol–water partition coefficient (Wildman–Crippen LogP) is 2.03. The normalized spacial score (nSPS) is 34.8. The van der Waals surface area contributed by atoms with Crippen LogP contribution < -0.4 is 0 Å². The Hall–Kier alpha value is -0.440. The monoisotopic (exact) mass is 580 g/mol. The van der Waals surface area contributed by atoms with E-state index in [0.717, 1.165) is 38.5 Å². The molecule has 2 aliphatic rings. The highest BCUT2D eigenvalue weighted by Crippen LogP contribution is 2.31. The van der Waals surface area contributed by atoms with E-state index in [1.165, 1.54) is 45.6 Å². The summed E-state index contributed by atoms with van der Waals surface area (Å²) in [7, 11) is 1.31. The summed E-state index contributed by atoms with van der Waals surface area (Å²) in [6, 6.07) is 0. The first kappa shape index (κ1) is 35.8. The van der Waals surface area contributed by atoms with Crippen molar-refractivity contribution >= 4 is 0 Å². The number of unbranched alkanes of at least 4 members (excludes halogenated alkanes) is 10. The van der Waals surface area contributed by atoms with Gasteiger partial charge in [0.05, 0.1) is 13.2 Å².